The molecule has 0 spiro atoms. The number of aromatic nitrogens is 3. The Morgan fingerprint density at radius 3 is 2.50 bits per heavy atom. The van der Waals surface area contributed by atoms with E-state index in [4.69, 9.17) is 4.74 Å². The minimum Gasteiger partial charge on any atom is -0.377 e. The molecule has 0 aliphatic rings. The molecule has 3 N–H and O–H groups in total. The number of anilines is 3. The van der Waals surface area contributed by atoms with Crippen LogP contribution in [-0.4, -0.2) is 34.0 Å². The van der Waals surface area contributed by atoms with Crippen molar-refractivity contribution in [3.63, 3.8) is 0 Å². The van der Waals surface area contributed by atoms with Crippen LogP contribution in [0.4, 0.5) is 35.2 Å². The molecule has 0 saturated heterocycles. The molecule has 1 atom stereocenters. The van der Waals surface area contributed by atoms with Gasteiger partial charge in [-0.3, -0.25) is 4.79 Å². The number of nitrogens with one attached hydrogen (secondary N) is 3. The van der Waals surface area contributed by atoms with Crippen LogP contribution in [0.15, 0.2) is 18.5 Å². The number of ether oxygens (including phenoxy) is 1. The summed E-state index contributed by atoms with van der Waals surface area (Å²) in [6.07, 6.45) is -2.79. The standard InChI is InChI=1S/C19H19F3N6O3S/c1-8(31-4)14-13(7-24-17-15(14)26-10(3)32-17)28-18(30)27-11-5-12(19(20,21)22)16(23-6-11)25-9(2)29/h5-8H,1-4H3,(H,23,25,29)(H2,27,28,30). The number of halogens is 3. The van der Waals surface area contributed by atoms with E-state index in [1.165, 1.54) is 24.6 Å². The third-order valence-electron chi connectivity index (χ3n) is 4.33. The van der Waals surface area contributed by atoms with E-state index in [2.05, 4.69) is 25.6 Å². The molecule has 9 nitrogen and oxygen atoms in total. The van der Waals surface area contributed by atoms with E-state index in [1.54, 1.807) is 6.92 Å². The predicted molar refractivity (Wildman–Crippen MR) is 114 cm³/mol. The fraction of sp³-hybridized carbons (Fsp3) is 0.316. The first-order valence-corrected chi connectivity index (χ1v) is 10.0. The van der Waals surface area contributed by atoms with Crippen molar-refractivity contribution in [3.8, 4) is 0 Å². The summed E-state index contributed by atoms with van der Waals surface area (Å²) in [7, 11) is 1.50. The summed E-state index contributed by atoms with van der Waals surface area (Å²) in [4.78, 5) is 36.7. The van der Waals surface area contributed by atoms with Gasteiger partial charge in [-0.15, -0.1) is 0 Å². The van der Waals surface area contributed by atoms with Crippen LogP contribution in [0.3, 0.4) is 0 Å². The second-order valence-electron chi connectivity index (χ2n) is 6.73. The average molecular weight is 468 g/mol. The lowest BCUT2D eigenvalue weighted by molar-refractivity contribution is -0.137. The molecule has 3 rings (SSSR count). The maximum absolute atomic E-state index is 13.3. The van der Waals surface area contributed by atoms with Crippen LogP contribution in [0.1, 0.15) is 36.1 Å². The van der Waals surface area contributed by atoms with E-state index in [1.807, 2.05) is 12.2 Å². The van der Waals surface area contributed by atoms with Crippen molar-refractivity contribution in [1.29, 1.82) is 0 Å². The molecule has 170 valence electrons. The molecule has 0 aliphatic heterocycles. The van der Waals surface area contributed by atoms with Crippen molar-refractivity contribution in [3.05, 3.63) is 34.6 Å². The van der Waals surface area contributed by atoms with Gasteiger partial charge < -0.3 is 20.7 Å². The maximum Gasteiger partial charge on any atom is 0.420 e. The Hall–Kier alpha value is -3.32. The Morgan fingerprint density at radius 1 is 1.16 bits per heavy atom. The van der Waals surface area contributed by atoms with Crippen LogP contribution in [0.2, 0.25) is 0 Å². The zero-order valence-electron chi connectivity index (χ0n) is 17.4. The first-order chi connectivity index (χ1) is 15.0. The molecule has 0 bridgehead atoms. The van der Waals surface area contributed by atoms with Crippen molar-refractivity contribution >= 4 is 50.8 Å². The zero-order valence-corrected chi connectivity index (χ0v) is 18.2. The third-order valence-corrected chi connectivity index (χ3v) is 5.20. The molecule has 13 heteroatoms. The quantitative estimate of drug-likeness (QED) is 0.499. The first kappa shape index (κ1) is 23.3. The number of urea groups is 1. The monoisotopic (exact) mass is 468 g/mol. The zero-order chi connectivity index (χ0) is 23.6. The Balaban J connectivity index is 1.89. The summed E-state index contributed by atoms with van der Waals surface area (Å²) < 4.78 is 45.4. The lowest BCUT2D eigenvalue weighted by Crippen LogP contribution is -2.22. The van der Waals surface area contributed by atoms with Gasteiger partial charge in [-0.05, 0) is 19.9 Å². The highest BCUT2D eigenvalue weighted by Gasteiger charge is 2.35. The summed E-state index contributed by atoms with van der Waals surface area (Å²) in [6.45, 7) is 4.66. The summed E-state index contributed by atoms with van der Waals surface area (Å²) in [5.41, 5.74) is 0.0463. The molecule has 0 aliphatic carbocycles. The molecule has 0 fully saturated rings. The number of hydrogen-bond donors (Lipinski definition) is 3. The molecule has 0 aromatic carbocycles. The van der Waals surface area contributed by atoms with Gasteiger partial charge in [0.1, 0.15) is 21.7 Å². The minimum atomic E-state index is -4.79. The van der Waals surface area contributed by atoms with Gasteiger partial charge in [0.2, 0.25) is 5.91 Å². The van der Waals surface area contributed by atoms with Gasteiger partial charge in [0.15, 0.2) is 0 Å². The lowest BCUT2D eigenvalue weighted by Gasteiger charge is -2.17. The van der Waals surface area contributed by atoms with E-state index >= 15 is 0 Å². The number of hydrogen-bond acceptors (Lipinski definition) is 7. The van der Waals surface area contributed by atoms with Gasteiger partial charge in [-0.2, -0.15) is 13.2 Å². The number of alkyl halides is 3. The Kier molecular flexibility index (Phi) is 6.60. The van der Waals surface area contributed by atoms with Crippen molar-refractivity contribution in [2.45, 2.75) is 33.1 Å². The second kappa shape index (κ2) is 9.04. The maximum atomic E-state index is 13.3. The molecular formula is C19H19F3N6O3S. The molecule has 0 radical (unpaired) electrons. The predicted octanol–water partition coefficient (Wildman–Crippen LogP) is 4.72. The number of nitrogens with zero attached hydrogens (tertiary/aromatic N) is 3. The van der Waals surface area contributed by atoms with Crippen LogP contribution in [-0.2, 0) is 15.7 Å². The summed E-state index contributed by atoms with van der Waals surface area (Å²) >= 11 is 1.38. The molecule has 0 saturated carbocycles. The number of methoxy groups -OCH3 is 1. The van der Waals surface area contributed by atoms with Gasteiger partial charge in [0, 0.05) is 19.6 Å². The highest BCUT2D eigenvalue weighted by Crippen LogP contribution is 2.36. The van der Waals surface area contributed by atoms with E-state index in [0.717, 1.165) is 18.1 Å². The highest BCUT2D eigenvalue weighted by atomic mass is 32.1. The SMILES string of the molecule is COC(C)c1c(NC(=O)Nc2cnc(NC(C)=O)c(C(F)(F)F)c2)cnc2sc(C)nc12. The molecule has 32 heavy (non-hydrogen) atoms. The van der Waals surface area contributed by atoms with E-state index in [0.29, 0.717) is 27.7 Å². The van der Waals surface area contributed by atoms with E-state index in [9.17, 15) is 22.8 Å². The lowest BCUT2D eigenvalue weighted by atomic mass is 10.1. The van der Waals surface area contributed by atoms with Crippen LogP contribution in [0, 0.1) is 6.92 Å². The molecular weight excluding hydrogens is 449 g/mol. The summed E-state index contributed by atoms with van der Waals surface area (Å²) in [6, 6.07) is -0.133. The Morgan fingerprint density at radius 2 is 1.88 bits per heavy atom. The molecule has 3 aromatic rings. The topological polar surface area (TPSA) is 118 Å². The average Bonchev–Trinajstić information content (AvgIpc) is 3.07. The van der Waals surface area contributed by atoms with Crippen molar-refractivity contribution < 1.29 is 27.5 Å². The molecule has 3 amide bonds. The van der Waals surface area contributed by atoms with E-state index < -0.39 is 35.6 Å². The number of carbonyl (C=O) groups is 2. The van der Waals surface area contributed by atoms with Crippen molar-refractivity contribution in [1.82, 2.24) is 15.0 Å². The number of carbonyl (C=O) groups excluding carboxylic acids is 2. The highest BCUT2D eigenvalue weighted by molar-refractivity contribution is 7.18. The van der Waals surface area contributed by atoms with Crippen molar-refractivity contribution in [2.75, 3.05) is 23.1 Å². The number of rotatable bonds is 5. The van der Waals surface area contributed by atoms with Gasteiger partial charge in [-0.1, -0.05) is 11.3 Å². The van der Waals surface area contributed by atoms with Gasteiger partial charge in [0.05, 0.1) is 34.9 Å². The number of aryl methyl sites for hydroxylation is 1. The van der Waals surface area contributed by atoms with Gasteiger partial charge >= 0.3 is 12.2 Å². The molecule has 1 unspecified atom stereocenters. The molecule has 3 heterocycles. The van der Waals surface area contributed by atoms with E-state index in [-0.39, 0.29) is 5.69 Å². The van der Waals surface area contributed by atoms with Crippen LogP contribution in [0.25, 0.3) is 10.3 Å². The summed E-state index contributed by atoms with van der Waals surface area (Å²) in [5.74, 6) is -1.36. The first-order valence-electron chi connectivity index (χ1n) is 9.21. The smallest absolute Gasteiger partial charge is 0.377 e. The number of pyridine rings is 2. The second-order valence-corrected chi connectivity index (χ2v) is 7.91. The van der Waals surface area contributed by atoms with Crippen LogP contribution < -0.4 is 16.0 Å². The van der Waals surface area contributed by atoms with Crippen LogP contribution in [0.5, 0.6) is 0 Å². The van der Waals surface area contributed by atoms with Gasteiger partial charge in [-0.25, -0.2) is 19.7 Å². The van der Waals surface area contributed by atoms with Gasteiger partial charge in [0.25, 0.3) is 0 Å². The fourth-order valence-corrected chi connectivity index (χ4v) is 3.70. The summed E-state index contributed by atoms with van der Waals surface area (Å²) in [5, 5.41) is 7.68. The fourth-order valence-electron chi connectivity index (χ4n) is 2.93. The minimum absolute atomic E-state index is 0.219. The van der Waals surface area contributed by atoms with Crippen molar-refractivity contribution in [2.24, 2.45) is 0 Å². The Bertz CT molecular complexity index is 1180. The largest absolute Gasteiger partial charge is 0.420 e. The number of amides is 3. The normalized spacial score (nSPS) is 12.5. The number of thiazole rings is 1. The number of fused-ring (bicyclic) bond motifs is 1. The Labute approximate surface area is 184 Å². The third kappa shape index (κ3) is 5.11. The van der Waals surface area contributed by atoms with Crippen LogP contribution >= 0.6 is 11.3 Å². The molecule has 3 aromatic heterocycles.